The molecule has 2 N–H and O–H groups in total. The summed E-state index contributed by atoms with van der Waals surface area (Å²) in [5, 5.41) is 22.4. The minimum Gasteiger partial charge on any atom is -0.506 e. The van der Waals surface area contributed by atoms with Crippen molar-refractivity contribution in [1.82, 2.24) is 10.3 Å². The highest BCUT2D eigenvalue weighted by Crippen LogP contribution is 2.38. The van der Waals surface area contributed by atoms with Crippen molar-refractivity contribution in [3.63, 3.8) is 0 Å². The zero-order chi connectivity index (χ0) is 17.3. The van der Waals surface area contributed by atoms with Crippen LogP contribution in [-0.4, -0.2) is 36.3 Å². The third-order valence-corrected chi connectivity index (χ3v) is 5.19. The zero-order valence-electron chi connectivity index (χ0n) is 13.9. The molecule has 0 unspecified atom stereocenters. The first-order chi connectivity index (χ1) is 12.2. The summed E-state index contributed by atoms with van der Waals surface area (Å²) in [4.78, 5) is 6.18. The van der Waals surface area contributed by atoms with E-state index in [9.17, 15) is 10.4 Å². The maximum atomic E-state index is 9.55. The zero-order valence-corrected chi connectivity index (χ0v) is 13.9. The van der Waals surface area contributed by atoms with Crippen molar-refractivity contribution in [3.05, 3.63) is 42.2 Å². The number of anilines is 1. The number of hydrogen-bond donors (Lipinski definition) is 2. The summed E-state index contributed by atoms with van der Waals surface area (Å²) in [6, 6.07) is 9.32. The van der Waals surface area contributed by atoms with Crippen LogP contribution in [0.25, 0.3) is 0 Å². The van der Waals surface area contributed by atoms with Gasteiger partial charge in [-0.3, -0.25) is 4.98 Å². The van der Waals surface area contributed by atoms with E-state index < -0.39 is 0 Å². The molecule has 0 saturated carbocycles. The number of nitrogens with one attached hydrogen (secondary N) is 1. The number of nitrogens with zero attached hydrogens (tertiary/aromatic N) is 3. The number of aromatic nitrogens is 1. The molecule has 0 radical (unpaired) electrons. The van der Waals surface area contributed by atoms with Gasteiger partial charge in [0, 0.05) is 38.3 Å². The predicted molar refractivity (Wildman–Crippen MR) is 93.9 cm³/mol. The summed E-state index contributed by atoms with van der Waals surface area (Å²) in [5.74, 6) is 1.04. The summed E-state index contributed by atoms with van der Waals surface area (Å²) in [6.07, 6.45) is 5.20. The molecule has 2 saturated heterocycles. The Kier molecular flexibility index (Phi) is 3.94. The van der Waals surface area contributed by atoms with Crippen LogP contribution in [0.3, 0.4) is 0 Å². The average molecular weight is 336 g/mol. The van der Waals surface area contributed by atoms with Gasteiger partial charge in [0.05, 0.1) is 23.6 Å². The topological polar surface area (TPSA) is 81.4 Å². The second-order valence-corrected chi connectivity index (χ2v) is 6.86. The first-order valence-corrected chi connectivity index (χ1v) is 8.49. The normalized spacial score (nSPS) is 18.4. The Morgan fingerprint density at radius 1 is 1.16 bits per heavy atom. The molecule has 4 rings (SSSR count). The second-order valence-electron chi connectivity index (χ2n) is 6.86. The highest BCUT2D eigenvalue weighted by Gasteiger charge is 2.39. The molecule has 128 valence electrons. The van der Waals surface area contributed by atoms with Crippen molar-refractivity contribution < 1.29 is 9.84 Å². The lowest BCUT2D eigenvalue weighted by Gasteiger charge is -2.49. The van der Waals surface area contributed by atoms with Gasteiger partial charge >= 0.3 is 0 Å². The second kappa shape index (κ2) is 6.26. The van der Waals surface area contributed by atoms with E-state index in [-0.39, 0.29) is 5.75 Å². The van der Waals surface area contributed by atoms with E-state index in [1.165, 1.54) is 18.5 Å². The third kappa shape index (κ3) is 3.11. The highest BCUT2D eigenvalue weighted by molar-refractivity contribution is 5.62. The van der Waals surface area contributed by atoms with E-state index in [0.717, 1.165) is 44.7 Å². The van der Waals surface area contributed by atoms with Gasteiger partial charge in [-0.1, -0.05) is 0 Å². The van der Waals surface area contributed by atoms with Crippen LogP contribution in [0, 0.1) is 16.7 Å². The number of rotatable bonds is 3. The molecular weight excluding hydrogens is 316 g/mol. The van der Waals surface area contributed by atoms with Crippen LogP contribution in [-0.2, 0) is 0 Å². The molecule has 1 aromatic carbocycles. The Morgan fingerprint density at radius 3 is 2.60 bits per heavy atom. The number of nitriles is 1. The van der Waals surface area contributed by atoms with E-state index in [0.29, 0.717) is 22.5 Å². The molecule has 6 nitrogen and oxygen atoms in total. The van der Waals surface area contributed by atoms with Crippen molar-refractivity contribution in [2.45, 2.75) is 12.8 Å². The number of ether oxygens (including phenoxy) is 1. The lowest BCUT2D eigenvalue weighted by atomic mass is 9.73. The van der Waals surface area contributed by atoms with Gasteiger partial charge in [-0.25, -0.2) is 0 Å². The summed E-state index contributed by atoms with van der Waals surface area (Å²) in [7, 11) is 0. The van der Waals surface area contributed by atoms with Crippen molar-refractivity contribution in [2.24, 2.45) is 5.41 Å². The maximum Gasteiger partial charge on any atom is 0.149 e. The van der Waals surface area contributed by atoms with Gasteiger partial charge < -0.3 is 20.1 Å². The molecule has 2 aliphatic rings. The van der Waals surface area contributed by atoms with Crippen LogP contribution in [0.5, 0.6) is 17.2 Å². The Balaban J connectivity index is 1.51. The summed E-state index contributed by atoms with van der Waals surface area (Å²) < 4.78 is 5.70. The summed E-state index contributed by atoms with van der Waals surface area (Å²) in [5.41, 5.74) is 2.05. The molecule has 0 aliphatic carbocycles. The van der Waals surface area contributed by atoms with Crippen molar-refractivity contribution in [3.8, 4) is 23.3 Å². The SMILES string of the molecule is N#Cc1cc(Oc2cncc(O)c2)ccc1N1CCC2(CC1)CNC2. The molecule has 6 heteroatoms. The maximum absolute atomic E-state index is 9.55. The molecule has 0 bridgehead atoms. The van der Waals surface area contributed by atoms with E-state index in [2.05, 4.69) is 21.3 Å². The van der Waals surface area contributed by atoms with Crippen LogP contribution in [0.2, 0.25) is 0 Å². The Hall–Kier alpha value is -2.78. The molecule has 0 amide bonds. The minimum absolute atomic E-state index is 0.0438. The summed E-state index contributed by atoms with van der Waals surface area (Å²) in [6.45, 7) is 4.20. The van der Waals surface area contributed by atoms with Crippen LogP contribution in [0.1, 0.15) is 18.4 Å². The first-order valence-electron chi connectivity index (χ1n) is 8.49. The molecular formula is C19H20N4O2. The van der Waals surface area contributed by atoms with Gasteiger partial charge in [0.1, 0.15) is 23.3 Å². The van der Waals surface area contributed by atoms with Gasteiger partial charge in [0.25, 0.3) is 0 Å². The standard InChI is InChI=1S/C19H20N4O2/c20-9-14-7-16(25-17-8-15(24)10-21-11-17)1-2-18(14)23-5-3-19(4-6-23)12-22-13-19/h1-2,7-8,10-11,22,24H,3-6,12-13H2. The molecule has 25 heavy (non-hydrogen) atoms. The smallest absolute Gasteiger partial charge is 0.149 e. The monoisotopic (exact) mass is 336 g/mol. The van der Waals surface area contributed by atoms with Crippen molar-refractivity contribution >= 4 is 5.69 Å². The van der Waals surface area contributed by atoms with Crippen molar-refractivity contribution in [1.29, 1.82) is 5.26 Å². The Labute approximate surface area is 146 Å². The van der Waals surface area contributed by atoms with Gasteiger partial charge in [-0.05, 0) is 30.4 Å². The number of pyridine rings is 1. The molecule has 1 spiro atoms. The highest BCUT2D eigenvalue weighted by atomic mass is 16.5. The summed E-state index contributed by atoms with van der Waals surface area (Å²) >= 11 is 0. The minimum atomic E-state index is 0.0438. The van der Waals surface area contributed by atoms with E-state index in [1.807, 2.05) is 12.1 Å². The first kappa shape index (κ1) is 15.7. The van der Waals surface area contributed by atoms with Crippen LogP contribution >= 0.6 is 0 Å². The van der Waals surface area contributed by atoms with Crippen LogP contribution in [0.15, 0.2) is 36.7 Å². The Bertz CT molecular complexity index is 816. The fourth-order valence-electron chi connectivity index (χ4n) is 3.60. The molecule has 3 heterocycles. The predicted octanol–water partition coefficient (Wildman–Crippen LogP) is 2.64. The van der Waals surface area contributed by atoms with Gasteiger partial charge in [0.2, 0.25) is 0 Å². The van der Waals surface area contributed by atoms with Crippen LogP contribution < -0.4 is 15.0 Å². The number of piperidine rings is 1. The average Bonchev–Trinajstić information content (AvgIpc) is 2.60. The number of benzene rings is 1. The van der Waals surface area contributed by atoms with E-state index >= 15 is 0 Å². The molecule has 2 fully saturated rings. The van der Waals surface area contributed by atoms with Gasteiger partial charge in [-0.15, -0.1) is 0 Å². The number of aromatic hydroxyl groups is 1. The van der Waals surface area contributed by atoms with Gasteiger partial charge in [0.15, 0.2) is 0 Å². The number of hydrogen-bond acceptors (Lipinski definition) is 6. The largest absolute Gasteiger partial charge is 0.506 e. The Morgan fingerprint density at radius 2 is 1.96 bits per heavy atom. The van der Waals surface area contributed by atoms with Crippen molar-refractivity contribution in [2.75, 3.05) is 31.1 Å². The van der Waals surface area contributed by atoms with E-state index in [4.69, 9.17) is 4.74 Å². The lowest BCUT2D eigenvalue weighted by Crippen LogP contribution is -2.58. The molecule has 1 aromatic heterocycles. The lowest BCUT2D eigenvalue weighted by molar-refractivity contribution is 0.126. The fourth-order valence-corrected chi connectivity index (χ4v) is 3.60. The fraction of sp³-hybridized carbons (Fsp3) is 0.368. The molecule has 2 aliphatic heterocycles. The van der Waals surface area contributed by atoms with Gasteiger partial charge in [-0.2, -0.15) is 5.26 Å². The van der Waals surface area contributed by atoms with E-state index in [1.54, 1.807) is 6.07 Å². The van der Waals surface area contributed by atoms with Crippen LogP contribution in [0.4, 0.5) is 5.69 Å². The quantitative estimate of drug-likeness (QED) is 0.897. The molecule has 0 atom stereocenters. The third-order valence-electron chi connectivity index (χ3n) is 5.19. The molecule has 2 aromatic rings.